The summed E-state index contributed by atoms with van der Waals surface area (Å²) < 4.78 is 39.6. The maximum atomic E-state index is 13.6. The molecule has 2 amide bonds. The number of methoxy groups -OCH3 is 1. The number of hydrogen-bond acceptors (Lipinski definition) is 7. The summed E-state index contributed by atoms with van der Waals surface area (Å²) in [6.45, 7) is 0.833. The number of carbonyl (C=O) groups is 1. The lowest BCUT2D eigenvalue weighted by atomic mass is 9.99. The van der Waals surface area contributed by atoms with E-state index >= 15 is 0 Å². The second-order valence-corrected chi connectivity index (χ2v) is 10.8. The third-order valence-corrected chi connectivity index (χ3v) is 8.58. The maximum absolute atomic E-state index is 13.6. The van der Waals surface area contributed by atoms with Crippen LogP contribution in [0.2, 0.25) is 0 Å². The van der Waals surface area contributed by atoms with Gasteiger partial charge in [-0.1, -0.05) is 6.07 Å². The van der Waals surface area contributed by atoms with E-state index in [1.165, 1.54) is 35.3 Å². The highest BCUT2D eigenvalue weighted by molar-refractivity contribution is 7.91. The Labute approximate surface area is 204 Å². The summed E-state index contributed by atoms with van der Waals surface area (Å²) in [5, 5.41) is 20.0. The minimum atomic E-state index is -4.75. The van der Waals surface area contributed by atoms with Gasteiger partial charge in [-0.15, -0.1) is 0 Å². The summed E-state index contributed by atoms with van der Waals surface area (Å²) in [4.78, 5) is 13.1. The maximum Gasteiger partial charge on any atom is 0.326 e. The SMILES string of the molecule is COCn1cc(N(C2CCOCC2)S(=O)(=O)N([O-])C(=O)Nc2c3c(cc4c2CCC4)CCC3)cn1. The zero-order valence-corrected chi connectivity index (χ0v) is 20.6. The molecule has 2 aromatic rings. The van der Waals surface area contributed by atoms with E-state index in [2.05, 4.69) is 16.5 Å². The summed E-state index contributed by atoms with van der Waals surface area (Å²) in [6.07, 6.45) is 9.03. The minimum Gasteiger partial charge on any atom is -0.740 e. The molecule has 11 nitrogen and oxygen atoms in total. The van der Waals surface area contributed by atoms with Gasteiger partial charge >= 0.3 is 16.2 Å². The molecule has 0 spiro atoms. The second-order valence-electron chi connectivity index (χ2n) is 9.19. The molecule has 2 aliphatic carbocycles. The molecule has 0 saturated carbocycles. The molecule has 1 saturated heterocycles. The van der Waals surface area contributed by atoms with Crippen molar-refractivity contribution in [2.75, 3.05) is 29.9 Å². The number of fused-ring (bicyclic) bond motifs is 2. The standard InChI is InChI=1S/C23H30N5O6S/c1-33-15-26-14-19(13-24-26)27(18-8-10-34-11-9-18)35(31,32)28(30)23(29)25-22-20-6-2-4-16(20)12-17-5-3-7-21(17)22/h12-14,18H,2-11,15H2,1H3,(H,25,29)/q-1. The van der Waals surface area contributed by atoms with Crippen molar-refractivity contribution < 1.29 is 22.7 Å². The number of anilines is 2. The molecular formula is C23H30N5O6S-. The highest BCUT2D eigenvalue weighted by Gasteiger charge is 2.36. The number of hydrogen-bond donors (Lipinski definition) is 1. The molecule has 12 heteroatoms. The van der Waals surface area contributed by atoms with E-state index in [4.69, 9.17) is 9.47 Å². The van der Waals surface area contributed by atoms with E-state index in [0.717, 1.165) is 54.0 Å². The fourth-order valence-corrected chi connectivity index (χ4v) is 6.79. The van der Waals surface area contributed by atoms with Crippen molar-refractivity contribution in [3.05, 3.63) is 45.9 Å². The topological polar surface area (TPSA) is 129 Å². The Balaban J connectivity index is 1.45. The third-order valence-electron chi connectivity index (χ3n) is 6.99. The van der Waals surface area contributed by atoms with Gasteiger partial charge in [0.05, 0.1) is 24.1 Å². The molecule has 0 bridgehead atoms. The zero-order valence-electron chi connectivity index (χ0n) is 19.7. The Morgan fingerprint density at radius 2 is 1.86 bits per heavy atom. The summed E-state index contributed by atoms with van der Waals surface area (Å²) >= 11 is 0. The Bertz CT molecular complexity index is 1170. The van der Waals surface area contributed by atoms with Gasteiger partial charge in [-0.25, -0.2) is 13.8 Å². The largest absolute Gasteiger partial charge is 0.740 e. The molecule has 1 fully saturated rings. The molecule has 1 aliphatic heterocycles. The van der Waals surface area contributed by atoms with Crippen LogP contribution in [0.15, 0.2) is 18.5 Å². The fourth-order valence-electron chi connectivity index (χ4n) is 5.43. The van der Waals surface area contributed by atoms with E-state index in [1.54, 1.807) is 0 Å². The Morgan fingerprint density at radius 3 is 2.49 bits per heavy atom. The van der Waals surface area contributed by atoms with Gasteiger partial charge in [-0.05, 0) is 73.6 Å². The quantitative estimate of drug-likeness (QED) is 0.574. The smallest absolute Gasteiger partial charge is 0.326 e. The number of amides is 2. The highest BCUT2D eigenvalue weighted by atomic mass is 32.2. The molecule has 1 aromatic heterocycles. The molecule has 0 radical (unpaired) electrons. The number of carbonyl (C=O) groups excluding carboxylic acids is 1. The van der Waals surface area contributed by atoms with Crippen molar-refractivity contribution in [1.29, 1.82) is 0 Å². The van der Waals surface area contributed by atoms with Crippen LogP contribution in [0.1, 0.15) is 47.9 Å². The lowest BCUT2D eigenvalue weighted by molar-refractivity contribution is 0.0874. The van der Waals surface area contributed by atoms with E-state index in [0.29, 0.717) is 31.7 Å². The third kappa shape index (κ3) is 4.51. The average molecular weight is 505 g/mol. The zero-order chi connectivity index (χ0) is 24.6. The number of benzene rings is 1. The first kappa shape index (κ1) is 24.0. The van der Waals surface area contributed by atoms with E-state index < -0.39 is 26.8 Å². The van der Waals surface area contributed by atoms with Gasteiger partial charge in [-0.2, -0.15) is 13.5 Å². The van der Waals surface area contributed by atoms with Crippen molar-refractivity contribution >= 4 is 27.6 Å². The van der Waals surface area contributed by atoms with E-state index in [-0.39, 0.29) is 12.4 Å². The number of rotatable bonds is 7. The first-order chi connectivity index (χ1) is 16.9. The van der Waals surface area contributed by atoms with Gasteiger partial charge in [0, 0.05) is 26.0 Å². The van der Waals surface area contributed by atoms with Gasteiger partial charge in [0.15, 0.2) is 0 Å². The lowest BCUT2D eigenvalue weighted by Gasteiger charge is -2.39. The summed E-state index contributed by atoms with van der Waals surface area (Å²) in [7, 11) is -3.26. The summed E-state index contributed by atoms with van der Waals surface area (Å²) in [5.41, 5.74) is 5.22. The number of aryl methyl sites for hydroxylation is 2. The van der Waals surface area contributed by atoms with Crippen LogP contribution >= 0.6 is 0 Å². The van der Waals surface area contributed by atoms with Crippen LogP contribution < -0.4 is 9.62 Å². The fraction of sp³-hybridized carbons (Fsp3) is 0.565. The van der Waals surface area contributed by atoms with Crippen molar-refractivity contribution in [1.82, 2.24) is 14.2 Å². The average Bonchev–Trinajstić information content (AvgIpc) is 3.60. The molecular weight excluding hydrogens is 474 g/mol. The Hall–Kier alpha value is -2.67. The summed E-state index contributed by atoms with van der Waals surface area (Å²) in [5.74, 6) is 0. The predicted octanol–water partition coefficient (Wildman–Crippen LogP) is 2.73. The molecule has 1 aromatic carbocycles. The van der Waals surface area contributed by atoms with Crippen molar-refractivity contribution in [3.8, 4) is 0 Å². The highest BCUT2D eigenvalue weighted by Crippen LogP contribution is 2.39. The molecule has 1 N–H and O–H groups in total. The molecule has 2 heterocycles. The molecule has 190 valence electrons. The van der Waals surface area contributed by atoms with Gasteiger partial charge in [0.2, 0.25) is 0 Å². The molecule has 5 rings (SSSR count). The van der Waals surface area contributed by atoms with Crippen molar-refractivity contribution in [2.24, 2.45) is 0 Å². The predicted molar refractivity (Wildman–Crippen MR) is 129 cm³/mol. The van der Waals surface area contributed by atoms with Crippen LogP contribution in [0, 0.1) is 5.21 Å². The minimum absolute atomic E-state index is 0.119. The first-order valence-corrected chi connectivity index (χ1v) is 13.4. The van der Waals surface area contributed by atoms with Crippen LogP contribution in [-0.4, -0.2) is 55.1 Å². The van der Waals surface area contributed by atoms with Gasteiger partial charge in [0.1, 0.15) is 6.73 Å². The number of nitrogens with zero attached hydrogens (tertiary/aromatic N) is 4. The first-order valence-electron chi connectivity index (χ1n) is 12.0. The second kappa shape index (κ2) is 9.76. The van der Waals surface area contributed by atoms with Crippen LogP contribution in [0.25, 0.3) is 0 Å². The number of hydroxylamine groups is 1. The lowest BCUT2D eigenvalue weighted by Crippen LogP contribution is -2.51. The normalized spacial score (nSPS) is 17.8. The number of nitrogens with one attached hydrogen (secondary N) is 1. The van der Waals surface area contributed by atoms with Crippen LogP contribution in [0.4, 0.5) is 16.2 Å². The molecule has 35 heavy (non-hydrogen) atoms. The molecule has 3 aliphatic rings. The van der Waals surface area contributed by atoms with Crippen LogP contribution in [-0.2, 0) is 52.1 Å². The Morgan fingerprint density at radius 1 is 1.20 bits per heavy atom. The Kier molecular flexibility index (Phi) is 6.71. The molecule has 0 atom stereocenters. The number of ether oxygens (including phenoxy) is 2. The monoisotopic (exact) mass is 504 g/mol. The van der Waals surface area contributed by atoms with Crippen molar-refractivity contribution in [3.63, 3.8) is 0 Å². The van der Waals surface area contributed by atoms with Crippen molar-refractivity contribution in [2.45, 2.75) is 64.1 Å². The number of aromatic nitrogens is 2. The van der Waals surface area contributed by atoms with Gasteiger partial charge < -0.3 is 20.0 Å². The van der Waals surface area contributed by atoms with Gasteiger partial charge in [0.25, 0.3) is 0 Å². The number of urea groups is 1. The molecule has 0 unspecified atom stereocenters. The van der Waals surface area contributed by atoms with Crippen LogP contribution in [0.3, 0.4) is 0 Å². The van der Waals surface area contributed by atoms with E-state index in [1.807, 2.05) is 0 Å². The van der Waals surface area contributed by atoms with Crippen LogP contribution in [0.5, 0.6) is 0 Å². The van der Waals surface area contributed by atoms with E-state index in [9.17, 15) is 18.4 Å². The van der Waals surface area contributed by atoms with Gasteiger partial charge in [-0.3, -0.25) is 4.47 Å². The summed E-state index contributed by atoms with van der Waals surface area (Å²) in [6, 6.07) is 0.459.